The number of benzene rings is 1. The van der Waals surface area contributed by atoms with E-state index in [2.05, 4.69) is 34.7 Å². The van der Waals surface area contributed by atoms with Gasteiger partial charge in [-0.05, 0) is 24.8 Å². The minimum Gasteiger partial charge on any atom is -1.00 e. The molecule has 0 unspecified atom stereocenters. The summed E-state index contributed by atoms with van der Waals surface area (Å²) in [4.78, 5) is 11.0. The number of carbonyl (C=O) groups excluding carboxylic acids is 1. The summed E-state index contributed by atoms with van der Waals surface area (Å²) in [7, 11) is 1.44. The van der Waals surface area contributed by atoms with Gasteiger partial charge in [0.25, 0.3) is 0 Å². The summed E-state index contributed by atoms with van der Waals surface area (Å²) >= 11 is 0. The van der Waals surface area contributed by atoms with Crippen molar-refractivity contribution < 1.29 is 27.7 Å². The summed E-state index contributed by atoms with van der Waals surface area (Å²) in [5, 5.41) is 0. The molecular formula is C14H22ClNO2. The lowest BCUT2D eigenvalue weighted by Crippen LogP contribution is -3.00. The Hall–Kier alpha value is -1.06. The normalized spacial score (nSPS) is 11.4. The van der Waals surface area contributed by atoms with Crippen molar-refractivity contribution in [2.24, 2.45) is 5.92 Å². The van der Waals surface area contributed by atoms with Crippen LogP contribution in [0.3, 0.4) is 0 Å². The van der Waals surface area contributed by atoms with Gasteiger partial charge in [-0.25, -0.2) is 0 Å². The Morgan fingerprint density at radius 3 is 2.56 bits per heavy atom. The maximum absolute atomic E-state index is 11.0. The average molecular weight is 272 g/mol. The average Bonchev–Trinajstić information content (AvgIpc) is 2.38. The number of ether oxygens (including phenoxy) is 1. The van der Waals surface area contributed by atoms with Crippen molar-refractivity contribution in [1.82, 2.24) is 0 Å². The van der Waals surface area contributed by atoms with Gasteiger partial charge in [-0.15, -0.1) is 0 Å². The van der Waals surface area contributed by atoms with Crippen LogP contribution in [0.4, 0.5) is 0 Å². The summed E-state index contributed by atoms with van der Waals surface area (Å²) in [6, 6.07) is 10.4. The molecule has 3 nitrogen and oxygen atoms in total. The van der Waals surface area contributed by atoms with Crippen LogP contribution in [0.15, 0.2) is 30.3 Å². The fourth-order valence-electron chi connectivity index (χ4n) is 1.93. The quantitative estimate of drug-likeness (QED) is 0.610. The molecule has 0 aliphatic rings. The highest BCUT2D eigenvalue weighted by Crippen LogP contribution is 2.14. The smallest absolute Gasteiger partial charge is 0.305 e. The van der Waals surface area contributed by atoms with Gasteiger partial charge in [0, 0.05) is 12.3 Å². The van der Waals surface area contributed by atoms with Gasteiger partial charge in [0.2, 0.25) is 0 Å². The van der Waals surface area contributed by atoms with Crippen LogP contribution in [0.1, 0.15) is 24.8 Å². The molecule has 4 heteroatoms. The molecule has 0 fully saturated rings. The molecule has 102 valence electrons. The van der Waals surface area contributed by atoms with E-state index in [0.29, 0.717) is 12.3 Å². The van der Waals surface area contributed by atoms with E-state index in [1.807, 2.05) is 6.07 Å². The first-order chi connectivity index (χ1) is 8.26. The van der Waals surface area contributed by atoms with E-state index in [1.165, 1.54) is 12.7 Å². The molecule has 0 spiro atoms. The standard InChI is InChI=1S/C14H21NO2.ClH/c1-17-14(16)9-5-8-13(11-15)10-12-6-3-2-4-7-12;/h2-4,6-7,13H,5,8-11,15H2,1H3;1H/t13-;/m1./s1. The number of hydrogen-bond donors (Lipinski definition) is 1. The van der Waals surface area contributed by atoms with Gasteiger partial charge in [0.05, 0.1) is 13.7 Å². The Kier molecular flexibility index (Phi) is 9.33. The van der Waals surface area contributed by atoms with Crippen LogP contribution < -0.4 is 18.1 Å². The van der Waals surface area contributed by atoms with Gasteiger partial charge < -0.3 is 22.9 Å². The number of carbonyl (C=O) groups is 1. The zero-order valence-electron chi connectivity index (χ0n) is 10.9. The van der Waals surface area contributed by atoms with Crippen LogP contribution in [0.5, 0.6) is 0 Å². The molecule has 0 radical (unpaired) electrons. The lowest BCUT2D eigenvalue weighted by Gasteiger charge is -2.12. The highest BCUT2D eigenvalue weighted by atomic mass is 35.5. The molecule has 18 heavy (non-hydrogen) atoms. The Balaban J connectivity index is 0.00000289. The summed E-state index contributed by atoms with van der Waals surface area (Å²) in [6.45, 7) is 0.913. The second-order valence-corrected chi connectivity index (χ2v) is 4.31. The van der Waals surface area contributed by atoms with Crippen LogP contribution in [0.25, 0.3) is 0 Å². The van der Waals surface area contributed by atoms with E-state index in [-0.39, 0.29) is 18.4 Å². The Morgan fingerprint density at radius 2 is 2.00 bits per heavy atom. The van der Waals surface area contributed by atoms with Gasteiger partial charge in [0.15, 0.2) is 0 Å². The van der Waals surface area contributed by atoms with Gasteiger partial charge in [0.1, 0.15) is 0 Å². The first-order valence-electron chi connectivity index (χ1n) is 6.16. The number of halogens is 1. The van der Waals surface area contributed by atoms with Crippen LogP contribution in [0, 0.1) is 5.92 Å². The van der Waals surface area contributed by atoms with Crippen molar-refractivity contribution in [2.75, 3.05) is 13.7 Å². The first-order valence-corrected chi connectivity index (χ1v) is 6.16. The highest BCUT2D eigenvalue weighted by Gasteiger charge is 2.11. The molecule has 1 atom stereocenters. The molecule has 1 aromatic rings. The van der Waals surface area contributed by atoms with Crippen molar-refractivity contribution in [3.05, 3.63) is 35.9 Å². The Labute approximate surface area is 115 Å². The van der Waals surface area contributed by atoms with Crippen molar-refractivity contribution in [3.8, 4) is 0 Å². The van der Waals surface area contributed by atoms with Crippen molar-refractivity contribution in [3.63, 3.8) is 0 Å². The molecule has 0 aromatic heterocycles. The predicted octanol–water partition coefficient (Wildman–Crippen LogP) is -1.57. The number of methoxy groups -OCH3 is 1. The molecular weight excluding hydrogens is 250 g/mol. The highest BCUT2D eigenvalue weighted by molar-refractivity contribution is 5.68. The van der Waals surface area contributed by atoms with E-state index >= 15 is 0 Å². The van der Waals surface area contributed by atoms with Crippen LogP contribution in [0.2, 0.25) is 0 Å². The molecule has 3 N–H and O–H groups in total. The minimum atomic E-state index is -0.118. The van der Waals surface area contributed by atoms with Crippen LogP contribution >= 0.6 is 0 Å². The fraction of sp³-hybridized carbons (Fsp3) is 0.500. The summed E-state index contributed by atoms with van der Waals surface area (Å²) in [5.41, 5.74) is 5.33. The van der Waals surface area contributed by atoms with E-state index in [9.17, 15) is 4.79 Å². The topological polar surface area (TPSA) is 53.9 Å². The summed E-state index contributed by atoms with van der Waals surface area (Å²) in [5.74, 6) is 0.439. The molecule has 0 amide bonds. The zero-order chi connectivity index (χ0) is 12.5. The molecule has 0 saturated carbocycles. The number of rotatable bonds is 7. The number of quaternary nitrogens is 1. The lowest BCUT2D eigenvalue weighted by molar-refractivity contribution is -0.379. The molecule has 0 heterocycles. The fourth-order valence-corrected chi connectivity index (χ4v) is 1.93. The van der Waals surface area contributed by atoms with E-state index in [0.717, 1.165) is 25.8 Å². The third-order valence-electron chi connectivity index (χ3n) is 3.00. The number of hydrogen-bond acceptors (Lipinski definition) is 2. The monoisotopic (exact) mass is 271 g/mol. The zero-order valence-corrected chi connectivity index (χ0v) is 11.7. The van der Waals surface area contributed by atoms with Gasteiger partial charge in [-0.1, -0.05) is 30.3 Å². The molecule has 1 rings (SSSR count). The van der Waals surface area contributed by atoms with E-state index in [1.54, 1.807) is 0 Å². The molecule has 1 aromatic carbocycles. The maximum Gasteiger partial charge on any atom is 0.305 e. The van der Waals surface area contributed by atoms with Crippen molar-refractivity contribution >= 4 is 5.97 Å². The number of esters is 1. The Bertz CT molecular complexity index is 330. The summed E-state index contributed by atoms with van der Waals surface area (Å²) < 4.78 is 4.63. The van der Waals surface area contributed by atoms with Crippen LogP contribution in [-0.4, -0.2) is 19.6 Å². The van der Waals surface area contributed by atoms with Crippen molar-refractivity contribution in [1.29, 1.82) is 0 Å². The second kappa shape index (κ2) is 9.92. The first kappa shape index (κ1) is 16.9. The van der Waals surface area contributed by atoms with E-state index < -0.39 is 0 Å². The second-order valence-electron chi connectivity index (χ2n) is 4.31. The van der Waals surface area contributed by atoms with Crippen molar-refractivity contribution in [2.45, 2.75) is 25.7 Å². The predicted molar refractivity (Wildman–Crippen MR) is 67.3 cm³/mol. The minimum absolute atomic E-state index is 0. The maximum atomic E-state index is 11.0. The third-order valence-corrected chi connectivity index (χ3v) is 3.00. The SMILES string of the molecule is COC(=O)CCC[C@@H](C[NH3+])Cc1ccccc1.[Cl-]. The molecule has 0 bridgehead atoms. The lowest BCUT2D eigenvalue weighted by atomic mass is 9.94. The molecule has 0 aliphatic carbocycles. The molecule has 0 aliphatic heterocycles. The Morgan fingerprint density at radius 1 is 1.33 bits per heavy atom. The van der Waals surface area contributed by atoms with Gasteiger partial charge in [-0.2, -0.15) is 0 Å². The third kappa shape index (κ3) is 6.62. The van der Waals surface area contributed by atoms with Gasteiger partial charge >= 0.3 is 5.97 Å². The largest absolute Gasteiger partial charge is 1.00 e. The molecule has 0 saturated heterocycles. The van der Waals surface area contributed by atoms with Crippen LogP contribution in [-0.2, 0) is 16.0 Å². The van der Waals surface area contributed by atoms with E-state index in [4.69, 9.17) is 0 Å². The summed E-state index contributed by atoms with van der Waals surface area (Å²) in [6.07, 6.45) is 3.49. The van der Waals surface area contributed by atoms with Gasteiger partial charge in [-0.3, -0.25) is 4.79 Å².